The van der Waals surface area contributed by atoms with Gasteiger partial charge in [-0.1, -0.05) is 23.9 Å². The third kappa shape index (κ3) is 3.00. The van der Waals surface area contributed by atoms with E-state index in [1.54, 1.807) is 0 Å². The van der Waals surface area contributed by atoms with Crippen LogP contribution in [0.1, 0.15) is 12.8 Å². The molecule has 9 heteroatoms. The Hall–Kier alpha value is -1.45. The molecule has 0 N–H and O–H groups in total. The van der Waals surface area contributed by atoms with E-state index in [9.17, 15) is 22.4 Å². The van der Waals surface area contributed by atoms with E-state index in [0.717, 1.165) is 17.8 Å². The third-order valence-electron chi connectivity index (χ3n) is 4.03. The van der Waals surface area contributed by atoms with E-state index in [2.05, 4.69) is 0 Å². The minimum atomic E-state index is -3.90. The smallest absolute Gasteiger partial charge is 0.273 e. The van der Waals surface area contributed by atoms with Crippen LogP contribution in [0.2, 0.25) is 0 Å². The molecule has 3 rings (SSSR count). The Balaban J connectivity index is 1.73. The Morgan fingerprint density at radius 3 is 2.35 bits per heavy atom. The van der Waals surface area contributed by atoms with Crippen molar-refractivity contribution in [3.63, 3.8) is 0 Å². The number of thioether (sulfide) groups is 1. The first kappa shape index (κ1) is 16.4. The highest BCUT2D eigenvalue weighted by molar-refractivity contribution is 8.14. The summed E-state index contributed by atoms with van der Waals surface area (Å²) in [5.74, 6) is -0.863. The maximum absolute atomic E-state index is 13.8. The second kappa shape index (κ2) is 6.21. The normalized spacial score (nSPS) is 21.2. The fourth-order valence-electron chi connectivity index (χ4n) is 2.85. The minimum Gasteiger partial charge on any atom is -0.273 e. The van der Waals surface area contributed by atoms with Gasteiger partial charge >= 0.3 is 0 Å². The predicted octanol–water partition coefficient (Wildman–Crippen LogP) is 1.67. The van der Waals surface area contributed by atoms with Crippen molar-refractivity contribution in [1.82, 2.24) is 9.21 Å². The molecule has 2 fully saturated rings. The van der Waals surface area contributed by atoms with Gasteiger partial charge in [0.1, 0.15) is 10.7 Å². The lowest BCUT2D eigenvalue weighted by Gasteiger charge is -2.34. The summed E-state index contributed by atoms with van der Waals surface area (Å²) in [4.78, 5) is 24.3. The zero-order valence-corrected chi connectivity index (χ0v) is 13.8. The van der Waals surface area contributed by atoms with Crippen LogP contribution in [0.3, 0.4) is 0 Å². The number of benzene rings is 1. The maximum atomic E-state index is 13.8. The van der Waals surface area contributed by atoms with E-state index in [0.29, 0.717) is 12.8 Å². The summed E-state index contributed by atoms with van der Waals surface area (Å²) in [5.41, 5.74) is 0. The number of imide groups is 1. The van der Waals surface area contributed by atoms with E-state index in [1.807, 2.05) is 0 Å². The van der Waals surface area contributed by atoms with Crippen LogP contribution in [0.15, 0.2) is 29.2 Å². The van der Waals surface area contributed by atoms with Gasteiger partial charge in [-0.3, -0.25) is 14.5 Å². The Labute approximate surface area is 137 Å². The number of halogens is 1. The van der Waals surface area contributed by atoms with E-state index in [4.69, 9.17) is 0 Å². The molecule has 0 atom stereocenters. The van der Waals surface area contributed by atoms with Gasteiger partial charge in [0.05, 0.1) is 5.75 Å². The lowest BCUT2D eigenvalue weighted by atomic mass is 10.1. The van der Waals surface area contributed by atoms with Crippen LogP contribution in [0.25, 0.3) is 0 Å². The van der Waals surface area contributed by atoms with Gasteiger partial charge in [0.15, 0.2) is 0 Å². The molecule has 23 heavy (non-hydrogen) atoms. The fraction of sp³-hybridized carbons (Fsp3) is 0.429. The van der Waals surface area contributed by atoms with Gasteiger partial charge in [-0.25, -0.2) is 12.8 Å². The monoisotopic (exact) mass is 358 g/mol. The number of nitrogens with zero attached hydrogens (tertiary/aromatic N) is 2. The summed E-state index contributed by atoms with van der Waals surface area (Å²) in [6.45, 7) is 0.312. The van der Waals surface area contributed by atoms with Crippen molar-refractivity contribution in [3.8, 4) is 0 Å². The van der Waals surface area contributed by atoms with Crippen LogP contribution in [-0.2, 0) is 14.8 Å². The highest BCUT2D eigenvalue weighted by Crippen LogP contribution is 2.29. The van der Waals surface area contributed by atoms with E-state index < -0.39 is 15.8 Å². The fourth-order valence-corrected chi connectivity index (χ4v) is 5.16. The first-order chi connectivity index (χ1) is 10.9. The number of carbonyl (C=O) groups excluding carboxylic acids is 2. The van der Waals surface area contributed by atoms with Gasteiger partial charge in [-0.05, 0) is 25.0 Å². The van der Waals surface area contributed by atoms with E-state index >= 15 is 0 Å². The number of hydrogen-bond acceptors (Lipinski definition) is 5. The summed E-state index contributed by atoms with van der Waals surface area (Å²) < 4.78 is 40.0. The summed E-state index contributed by atoms with van der Waals surface area (Å²) >= 11 is 0.968. The Bertz CT molecular complexity index is 729. The van der Waals surface area contributed by atoms with Crippen LogP contribution in [0, 0.1) is 5.82 Å². The predicted molar refractivity (Wildman–Crippen MR) is 82.9 cm³/mol. The molecule has 0 aromatic heterocycles. The molecule has 0 saturated carbocycles. The molecular formula is C14H15FN2O4S2. The maximum Gasteiger partial charge on any atom is 0.289 e. The molecule has 2 amide bonds. The lowest BCUT2D eigenvalue weighted by Crippen LogP contribution is -2.48. The third-order valence-corrected chi connectivity index (χ3v) is 6.79. The quantitative estimate of drug-likeness (QED) is 0.822. The second-order valence-electron chi connectivity index (χ2n) is 5.38. The zero-order chi connectivity index (χ0) is 16.6. The SMILES string of the molecule is O=C1CSC(=O)N1C1CCN(S(=O)(=O)c2ccccc2F)CC1. The molecular weight excluding hydrogens is 343 g/mol. The molecule has 0 aliphatic carbocycles. The molecule has 124 valence electrons. The van der Waals surface area contributed by atoms with E-state index in [-0.39, 0.29) is 40.9 Å². The summed E-state index contributed by atoms with van der Waals surface area (Å²) in [5, 5.41) is -0.273. The van der Waals surface area contributed by atoms with Crippen molar-refractivity contribution in [2.45, 2.75) is 23.8 Å². The Kier molecular flexibility index (Phi) is 4.43. The summed E-state index contributed by atoms with van der Waals surface area (Å²) in [7, 11) is -3.90. The molecule has 0 bridgehead atoms. The number of piperidine rings is 1. The van der Waals surface area contributed by atoms with Crippen molar-refractivity contribution in [3.05, 3.63) is 30.1 Å². The molecule has 0 spiro atoms. The van der Waals surface area contributed by atoms with Gasteiger partial charge < -0.3 is 0 Å². The number of sulfonamides is 1. The largest absolute Gasteiger partial charge is 0.289 e. The van der Waals surface area contributed by atoms with Crippen LogP contribution < -0.4 is 0 Å². The van der Waals surface area contributed by atoms with Crippen molar-refractivity contribution in [1.29, 1.82) is 0 Å². The average Bonchev–Trinajstić information content (AvgIpc) is 2.86. The van der Waals surface area contributed by atoms with Crippen LogP contribution in [0.5, 0.6) is 0 Å². The summed E-state index contributed by atoms with van der Waals surface area (Å²) in [6, 6.07) is 4.97. The minimum absolute atomic E-state index is 0.145. The van der Waals surface area contributed by atoms with Gasteiger partial charge in [0.2, 0.25) is 15.9 Å². The number of carbonyl (C=O) groups is 2. The molecule has 2 saturated heterocycles. The van der Waals surface area contributed by atoms with Crippen LogP contribution in [-0.4, -0.2) is 53.7 Å². The Morgan fingerprint density at radius 1 is 1.13 bits per heavy atom. The first-order valence-corrected chi connectivity index (χ1v) is 9.57. The summed E-state index contributed by atoms with van der Waals surface area (Å²) in [6.07, 6.45) is 0.734. The van der Waals surface area contributed by atoms with Gasteiger partial charge in [0.25, 0.3) is 5.24 Å². The van der Waals surface area contributed by atoms with Crippen molar-refractivity contribution in [2.75, 3.05) is 18.8 Å². The van der Waals surface area contributed by atoms with Crippen LogP contribution >= 0.6 is 11.8 Å². The van der Waals surface area contributed by atoms with Crippen LogP contribution in [0.4, 0.5) is 9.18 Å². The molecule has 6 nitrogen and oxygen atoms in total. The molecule has 1 aromatic rings. The number of rotatable bonds is 3. The lowest BCUT2D eigenvalue weighted by molar-refractivity contribution is -0.126. The van der Waals surface area contributed by atoms with Gasteiger partial charge in [0, 0.05) is 19.1 Å². The highest BCUT2D eigenvalue weighted by atomic mass is 32.2. The standard InChI is InChI=1S/C14H15FN2O4S2/c15-11-3-1-2-4-12(11)23(20,21)16-7-5-10(6-8-16)17-13(18)9-22-14(17)19/h1-4,10H,5-9H2. The molecule has 2 aliphatic heterocycles. The van der Waals surface area contributed by atoms with Gasteiger partial charge in [-0.2, -0.15) is 4.31 Å². The molecule has 2 aliphatic rings. The molecule has 0 radical (unpaired) electrons. The van der Waals surface area contributed by atoms with Gasteiger partial charge in [-0.15, -0.1) is 0 Å². The molecule has 0 unspecified atom stereocenters. The zero-order valence-electron chi connectivity index (χ0n) is 12.1. The second-order valence-corrected chi connectivity index (χ2v) is 8.22. The topological polar surface area (TPSA) is 74.8 Å². The molecule has 2 heterocycles. The van der Waals surface area contributed by atoms with E-state index in [1.165, 1.54) is 27.4 Å². The molecule has 1 aromatic carbocycles. The first-order valence-electron chi connectivity index (χ1n) is 7.15. The number of hydrogen-bond donors (Lipinski definition) is 0. The van der Waals surface area contributed by atoms with Crippen molar-refractivity contribution in [2.24, 2.45) is 0 Å². The number of amides is 2. The average molecular weight is 358 g/mol. The Morgan fingerprint density at radius 2 is 1.78 bits per heavy atom. The highest BCUT2D eigenvalue weighted by Gasteiger charge is 2.39. The van der Waals surface area contributed by atoms with Crippen molar-refractivity contribution < 1.29 is 22.4 Å². The van der Waals surface area contributed by atoms with Crippen molar-refractivity contribution >= 4 is 32.9 Å².